The summed E-state index contributed by atoms with van der Waals surface area (Å²) < 4.78 is 0. The second kappa shape index (κ2) is 10.6. The van der Waals surface area contributed by atoms with E-state index in [-0.39, 0.29) is 24.8 Å². The molecule has 23 heavy (non-hydrogen) atoms. The van der Waals surface area contributed by atoms with Gasteiger partial charge >= 0.3 is 0 Å². The highest BCUT2D eigenvalue weighted by molar-refractivity contribution is 5.19. The van der Waals surface area contributed by atoms with Gasteiger partial charge in [0.05, 0.1) is 31.2 Å². The first-order valence-corrected chi connectivity index (χ1v) is 8.14. The van der Waals surface area contributed by atoms with E-state index in [9.17, 15) is 0 Å². The summed E-state index contributed by atoms with van der Waals surface area (Å²) in [6.45, 7) is 3.92. The van der Waals surface area contributed by atoms with E-state index in [1.165, 1.54) is 50.3 Å². The molecule has 1 saturated heterocycles. The number of pyridine rings is 2. The number of halogens is 2. The van der Waals surface area contributed by atoms with E-state index in [1.807, 2.05) is 24.5 Å². The fourth-order valence-corrected chi connectivity index (χ4v) is 3.32. The van der Waals surface area contributed by atoms with Crippen LogP contribution in [0.4, 0.5) is 0 Å². The van der Waals surface area contributed by atoms with Gasteiger partial charge in [0.25, 0.3) is 0 Å². The SMILES string of the molecule is [Cl-].[Cl-].c1ccc(C(CC[NH+]2CCCCC2)c2cccc[nH+]2)nc1. The second-order valence-electron chi connectivity index (χ2n) is 5.97. The number of nitrogens with one attached hydrogen (secondary N) is 2. The Kier molecular flexibility index (Phi) is 9.15. The summed E-state index contributed by atoms with van der Waals surface area (Å²) >= 11 is 0. The number of quaternary nitrogens is 1. The monoisotopic (exact) mass is 353 g/mol. The number of likely N-dealkylation sites (tertiary alicyclic amines) is 1. The summed E-state index contributed by atoms with van der Waals surface area (Å²) in [5.74, 6) is 0.377. The zero-order chi connectivity index (χ0) is 14.3. The van der Waals surface area contributed by atoms with Gasteiger partial charge < -0.3 is 29.7 Å². The van der Waals surface area contributed by atoms with Gasteiger partial charge in [-0.1, -0.05) is 12.1 Å². The number of piperidine rings is 1. The van der Waals surface area contributed by atoms with E-state index in [2.05, 4.69) is 34.2 Å². The van der Waals surface area contributed by atoms with Crippen molar-refractivity contribution in [2.24, 2.45) is 0 Å². The van der Waals surface area contributed by atoms with Crippen molar-refractivity contribution in [3.8, 4) is 0 Å². The van der Waals surface area contributed by atoms with E-state index in [0.29, 0.717) is 5.92 Å². The Labute approximate surface area is 151 Å². The van der Waals surface area contributed by atoms with Crippen molar-refractivity contribution in [3.05, 3.63) is 60.2 Å². The quantitative estimate of drug-likeness (QED) is 0.577. The van der Waals surface area contributed by atoms with Crippen LogP contribution in [-0.4, -0.2) is 24.6 Å². The van der Waals surface area contributed by atoms with Crippen molar-refractivity contribution in [2.75, 3.05) is 19.6 Å². The molecule has 3 rings (SSSR count). The summed E-state index contributed by atoms with van der Waals surface area (Å²) in [5.41, 5.74) is 2.45. The minimum atomic E-state index is 0. The molecular weight excluding hydrogens is 329 g/mol. The number of hydrogen-bond acceptors (Lipinski definition) is 1. The number of aromatic nitrogens is 2. The van der Waals surface area contributed by atoms with Gasteiger partial charge in [0, 0.05) is 24.8 Å². The predicted octanol–water partition coefficient (Wildman–Crippen LogP) is -4.51. The molecule has 5 heteroatoms. The molecule has 0 spiro atoms. The van der Waals surface area contributed by atoms with E-state index in [1.54, 1.807) is 4.90 Å². The lowest BCUT2D eigenvalue weighted by molar-refractivity contribution is -0.905. The molecule has 0 bridgehead atoms. The van der Waals surface area contributed by atoms with Crippen LogP contribution in [0.15, 0.2) is 48.8 Å². The van der Waals surface area contributed by atoms with Crippen molar-refractivity contribution in [1.82, 2.24) is 4.98 Å². The molecule has 1 aliphatic rings. The lowest BCUT2D eigenvalue weighted by atomic mass is 9.95. The minimum Gasteiger partial charge on any atom is -1.00 e. The maximum absolute atomic E-state index is 4.59. The molecule has 0 saturated carbocycles. The van der Waals surface area contributed by atoms with Crippen LogP contribution in [0.5, 0.6) is 0 Å². The van der Waals surface area contributed by atoms with Gasteiger partial charge in [0.15, 0.2) is 11.9 Å². The van der Waals surface area contributed by atoms with Crippen molar-refractivity contribution in [1.29, 1.82) is 0 Å². The highest BCUT2D eigenvalue weighted by atomic mass is 35.5. The molecule has 0 radical (unpaired) electrons. The number of aromatic amines is 1. The highest BCUT2D eigenvalue weighted by Crippen LogP contribution is 2.22. The van der Waals surface area contributed by atoms with E-state index in [0.717, 1.165) is 6.42 Å². The summed E-state index contributed by atoms with van der Waals surface area (Å²) in [6, 6.07) is 12.6. The maximum Gasteiger partial charge on any atom is 0.188 e. The van der Waals surface area contributed by atoms with Crippen LogP contribution >= 0.6 is 0 Å². The smallest absolute Gasteiger partial charge is 0.188 e. The first-order valence-electron chi connectivity index (χ1n) is 8.14. The molecule has 0 amide bonds. The zero-order valence-electron chi connectivity index (χ0n) is 13.3. The lowest BCUT2D eigenvalue weighted by Crippen LogP contribution is -3.12. The van der Waals surface area contributed by atoms with Crippen molar-refractivity contribution in [3.63, 3.8) is 0 Å². The molecule has 1 atom stereocenters. The van der Waals surface area contributed by atoms with Crippen molar-refractivity contribution < 1.29 is 34.7 Å². The number of rotatable bonds is 5. The van der Waals surface area contributed by atoms with Crippen molar-refractivity contribution in [2.45, 2.75) is 31.6 Å². The Morgan fingerprint density at radius 2 is 1.78 bits per heavy atom. The minimum absolute atomic E-state index is 0. The van der Waals surface area contributed by atoms with Crippen LogP contribution in [0.3, 0.4) is 0 Å². The first-order chi connectivity index (χ1) is 10.4. The van der Waals surface area contributed by atoms with Crippen LogP contribution in [0.1, 0.15) is 43.0 Å². The third-order valence-electron chi connectivity index (χ3n) is 4.50. The highest BCUT2D eigenvalue weighted by Gasteiger charge is 2.23. The molecule has 1 aliphatic heterocycles. The molecule has 2 aromatic rings. The molecular formula is C18H25Cl2N3. The van der Waals surface area contributed by atoms with Gasteiger partial charge in [0.2, 0.25) is 0 Å². The molecule has 1 unspecified atom stereocenters. The molecule has 0 aliphatic carbocycles. The number of H-pyrrole nitrogens is 1. The Morgan fingerprint density at radius 1 is 1.00 bits per heavy atom. The molecule has 2 N–H and O–H groups in total. The van der Waals surface area contributed by atoms with Gasteiger partial charge in [-0.05, 0) is 31.4 Å². The van der Waals surface area contributed by atoms with E-state index in [4.69, 9.17) is 0 Å². The van der Waals surface area contributed by atoms with Crippen molar-refractivity contribution >= 4 is 0 Å². The Morgan fingerprint density at radius 3 is 2.43 bits per heavy atom. The molecule has 3 nitrogen and oxygen atoms in total. The number of nitrogens with zero attached hydrogens (tertiary/aromatic N) is 1. The average molecular weight is 354 g/mol. The third kappa shape index (κ3) is 5.76. The Hall–Kier alpha value is -1.16. The second-order valence-corrected chi connectivity index (χ2v) is 5.97. The summed E-state index contributed by atoms with van der Waals surface area (Å²) in [7, 11) is 0. The summed E-state index contributed by atoms with van der Waals surface area (Å²) in [5, 5.41) is 0. The third-order valence-corrected chi connectivity index (χ3v) is 4.50. The predicted molar refractivity (Wildman–Crippen MR) is 83.1 cm³/mol. The molecule has 2 aromatic heterocycles. The Balaban J connectivity index is 0.00000132. The van der Waals surface area contributed by atoms with Gasteiger partial charge in [-0.25, -0.2) is 4.98 Å². The van der Waals surface area contributed by atoms with E-state index < -0.39 is 0 Å². The van der Waals surface area contributed by atoms with Gasteiger partial charge in [-0.15, -0.1) is 0 Å². The van der Waals surface area contributed by atoms with Gasteiger partial charge in [-0.3, -0.25) is 4.98 Å². The normalized spacial score (nSPS) is 16.0. The van der Waals surface area contributed by atoms with Crippen LogP contribution in [-0.2, 0) is 0 Å². The Bertz CT molecular complexity index is 491. The first kappa shape index (κ1) is 19.9. The fraction of sp³-hybridized carbons (Fsp3) is 0.444. The summed E-state index contributed by atoms with van der Waals surface area (Å²) in [6.07, 6.45) is 9.27. The fourth-order valence-electron chi connectivity index (χ4n) is 3.32. The van der Waals surface area contributed by atoms with Crippen LogP contribution < -0.4 is 34.7 Å². The standard InChI is InChI=1S/C18H23N3.2ClH/c1-6-13-21(14-7-1)15-10-16(17-8-2-4-11-19-17)18-9-3-5-12-20-18;;/h2-5,8-9,11-12,16H,1,6-7,10,13-15H2;2*1H. The molecule has 126 valence electrons. The zero-order valence-corrected chi connectivity index (χ0v) is 14.9. The average Bonchev–Trinajstić information content (AvgIpc) is 2.58. The maximum atomic E-state index is 4.59. The topological polar surface area (TPSA) is 31.5 Å². The van der Waals surface area contributed by atoms with Crippen LogP contribution in [0.25, 0.3) is 0 Å². The largest absolute Gasteiger partial charge is 1.00 e. The van der Waals surface area contributed by atoms with E-state index >= 15 is 0 Å². The van der Waals surface area contributed by atoms with Crippen LogP contribution in [0.2, 0.25) is 0 Å². The van der Waals surface area contributed by atoms with Gasteiger partial charge in [0.1, 0.15) is 0 Å². The summed E-state index contributed by atoms with van der Waals surface area (Å²) in [4.78, 5) is 9.76. The molecule has 1 fully saturated rings. The number of hydrogen-bond donors (Lipinski definition) is 1. The molecule has 0 aromatic carbocycles. The lowest BCUT2D eigenvalue weighted by Gasteiger charge is -2.24. The molecule has 3 heterocycles. The van der Waals surface area contributed by atoms with Gasteiger partial charge in [-0.2, -0.15) is 0 Å². The van der Waals surface area contributed by atoms with Crippen LogP contribution in [0, 0.1) is 0 Å².